The molecule has 0 aliphatic rings. The van der Waals surface area contributed by atoms with E-state index in [1.54, 1.807) is 0 Å². The Labute approximate surface area is 115 Å². The second kappa shape index (κ2) is 5.29. The van der Waals surface area contributed by atoms with Gasteiger partial charge in [-0.15, -0.1) is 0 Å². The van der Waals surface area contributed by atoms with Crippen molar-refractivity contribution in [2.75, 3.05) is 5.32 Å². The van der Waals surface area contributed by atoms with Crippen LogP contribution in [0.4, 0.5) is 14.5 Å². The Morgan fingerprint density at radius 3 is 2.20 bits per heavy atom. The zero-order valence-electron chi connectivity index (χ0n) is 10.7. The summed E-state index contributed by atoms with van der Waals surface area (Å²) >= 11 is 0. The zero-order chi connectivity index (χ0) is 13.9. The number of benzene rings is 3. The van der Waals surface area contributed by atoms with E-state index in [0.717, 1.165) is 16.5 Å². The van der Waals surface area contributed by atoms with Gasteiger partial charge in [-0.2, -0.15) is 0 Å². The lowest BCUT2D eigenvalue weighted by molar-refractivity contribution is 0.560. The monoisotopic (exact) mass is 269 g/mol. The average molecular weight is 269 g/mol. The van der Waals surface area contributed by atoms with Crippen LogP contribution < -0.4 is 5.32 Å². The highest BCUT2D eigenvalue weighted by Crippen LogP contribution is 2.24. The van der Waals surface area contributed by atoms with E-state index in [0.29, 0.717) is 0 Å². The molecule has 0 heterocycles. The van der Waals surface area contributed by atoms with Gasteiger partial charge in [0.2, 0.25) is 0 Å². The molecule has 3 rings (SSSR count). The largest absolute Gasteiger partial charge is 0.380 e. The fourth-order valence-electron chi connectivity index (χ4n) is 2.26. The zero-order valence-corrected chi connectivity index (χ0v) is 10.7. The van der Waals surface area contributed by atoms with Gasteiger partial charge in [0, 0.05) is 23.2 Å². The van der Waals surface area contributed by atoms with Crippen molar-refractivity contribution in [3.63, 3.8) is 0 Å². The standard InChI is InChI=1S/C17H13F2N/c18-15-8-4-9-16(19)14(15)11-20-17-10-3-6-12-5-1-2-7-13(12)17/h1-10,20H,11H2. The van der Waals surface area contributed by atoms with Crippen LogP contribution in [0, 0.1) is 11.6 Å². The first-order chi connectivity index (χ1) is 9.75. The van der Waals surface area contributed by atoms with Crippen LogP contribution in [0.5, 0.6) is 0 Å². The Bertz CT molecular complexity index is 727. The van der Waals surface area contributed by atoms with Crippen LogP contribution >= 0.6 is 0 Å². The number of hydrogen-bond donors (Lipinski definition) is 1. The lowest BCUT2D eigenvalue weighted by atomic mass is 10.1. The third kappa shape index (κ3) is 2.35. The Balaban J connectivity index is 1.91. The Morgan fingerprint density at radius 2 is 1.40 bits per heavy atom. The van der Waals surface area contributed by atoms with E-state index in [1.807, 2.05) is 42.5 Å². The third-order valence-electron chi connectivity index (χ3n) is 3.31. The minimum absolute atomic E-state index is 0.0560. The first kappa shape index (κ1) is 12.6. The second-order valence-electron chi connectivity index (χ2n) is 4.58. The quantitative estimate of drug-likeness (QED) is 0.724. The van der Waals surface area contributed by atoms with Crippen LogP contribution in [-0.4, -0.2) is 0 Å². The minimum Gasteiger partial charge on any atom is -0.380 e. The number of rotatable bonds is 3. The number of nitrogens with one attached hydrogen (secondary N) is 1. The Kier molecular flexibility index (Phi) is 3.33. The van der Waals surface area contributed by atoms with Gasteiger partial charge in [-0.05, 0) is 23.6 Å². The number of anilines is 1. The van der Waals surface area contributed by atoms with E-state index in [1.165, 1.54) is 18.2 Å². The summed E-state index contributed by atoms with van der Waals surface area (Å²) in [7, 11) is 0. The third-order valence-corrected chi connectivity index (χ3v) is 3.31. The smallest absolute Gasteiger partial charge is 0.131 e. The SMILES string of the molecule is Fc1cccc(F)c1CNc1cccc2ccccc12. The highest BCUT2D eigenvalue weighted by atomic mass is 19.1. The highest BCUT2D eigenvalue weighted by molar-refractivity contribution is 5.93. The molecule has 0 spiro atoms. The van der Waals surface area contributed by atoms with Gasteiger partial charge < -0.3 is 5.32 Å². The normalized spacial score (nSPS) is 10.7. The van der Waals surface area contributed by atoms with Gasteiger partial charge in [0.1, 0.15) is 11.6 Å². The topological polar surface area (TPSA) is 12.0 Å². The van der Waals surface area contributed by atoms with E-state index in [9.17, 15) is 8.78 Å². The molecule has 0 radical (unpaired) electrons. The Hall–Kier alpha value is -2.42. The molecule has 0 atom stereocenters. The molecule has 0 amide bonds. The molecule has 0 aliphatic carbocycles. The van der Waals surface area contributed by atoms with Crippen molar-refractivity contribution in [3.05, 3.63) is 77.9 Å². The van der Waals surface area contributed by atoms with Crippen LogP contribution in [0.1, 0.15) is 5.56 Å². The van der Waals surface area contributed by atoms with Gasteiger partial charge in [0.05, 0.1) is 0 Å². The predicted octanol–water partition coefficient (Wildman–Crippen LogP) is 4.73. The molecule has 3 aromatic carbocycles. The lowest BCUT2D eigenvalue weighted by Crippen LogP contribution is -2.04. The molecule has 100 valence electrons. The Morgan fingerprint density at radius 1 is 0.750 bits per heavy atom. The maximum Gasteiger partial charge on any atom is 0.131 e. The van der Waals surface area contributed by atoms with Crippen LogP contribution in [0.25, 0.3) is 10.8 Å². The first-order valence-corrected chi connectivity index (χ1v) is 6.40. The molecule has 0 unspecified atom stereocenters. The van der Waals surface area contributed by atoms with Gasteiger partial charge in [-0.1, -0.05) is 42.5 Å². The number of hydrogen-bond acceptors (Lipinski definition) is 1. The molecular formula is C17H13F2N. The molecule has 0 saturated heterocycles. The summed E-state index contributed by atoms with van der Waals surface area (Å²) in [6.07, 6.45) is 0. The summed E-state index contributed by atoms with van der Waals surface area (Å²) in [5.41, 5.74) is 0.922. The lowest BCUT2D eigenvalue weighted by Gasteiger charge is -2.11. The predicted molar refractivity (Wildman–Crippen MR) is 77.6 cm³/mol. The van der Waals surface area contributed by atoms with Gasteiger partial charge in [-0.25, -0.2) is 8.78 Å². The van der Waals surface area contributed by atoms with Crippen molar-refractivity contribution >= 4 is 16.5 Å². The summed E-state index contributed by atoms with van der Waals surface area (Å²) in [5, 5.41) is 5.23. The van der Waals surface area contributed by atoms with Gasteiger partial charge in [0.25, 0.3) is 0 Å². The fraction of sp³-hybridized carbons (Fsp3) is 0.0588. The maximum atomic E-state index is 13.6. The van der Waals surface area contributed by atoms with Crippen molar-refractivity contribution in [2.45, 2.75) is 6.54 Å². The second-order valence-corrected chi connectivity index (χ2v) is 4.58. The van der Waals surface area contributed by atoms with Crippen molar-refractivity contribution in [1.29, 1.82) is 0 Å². The van der Waals surface area contributed by atoms with Crippen molar-refractivity contribution in [1.82, 2.24) is 0 Å². The molecule has 0 saturated carbocycles. The average Bonchev–Trinajstić information content (AvgIpc) is 2.47. The van der Waals surface area contributed by atoms with Gasteiger partial charge in [0.15, 0.2) is 0 Å². The van der Waals surface area contributed by atoms with Crippen LogP contribution in [0.15, 0.2) is 60.7 Å². The molecule has 1 N–H and O–H groups in total. The number of halogens is 2. The van der Waals surface area contributed by atoms with Crippen molar-refractivity contribution in [2.24, 2.45) is 0 Å². The molecule has 0 bridgehead atoms. The molecule has 3 aromatic rings. The maximum absolute atomic E-state index is 13.6. The van der Waals surface area contributed by atoms with E-state index >= 15 is 0 Å². The van der Waals surface area contributed by atoms with Crippen LogP contribution in [-0.2, 0) is 6.54 Å². The van der Waals surface area contributed by atoms with Crippen molar-refractivity contribution < 1.29 is 8.78 Å². The van der Waals surface area contributed by atoms with E-state index in [4.69, 9.17) is 0 Å². The molecular weight excluding hydrogens is 256 g/mol. The van der Waals surface area contributed by atoms with Crippen LogP contribution in [0.2, 0.25) is 0 Å². The van der Waals surface area contributed by atoms with E-state index < -0.39 is 11.6 Å². The fourth-order valence-corrected chi connectivity index (χ4v) is 2.26. The minimum atomic E-state index is -0.530. The summed E-state index contributed by atoms with van der Waals surface area (Å²) in [6, 6.07) is 17.6. The summed E-state index contributed by atoms with van der Waals surface area (Å²) in [6.45, 7) is 0.118. The van der Waals surface area contributed by atoms with Crippen molar-refractivity contribution in [3.8, 4) is 0 Å². The molecule has 20 heavy (non-hydrogen) atoms. The molecule has 1 nitrogen and oxygen atoms in total. The van der Waals surface area contributed by atoms with E-state index in [-0.39, 0.29) is 12.1 Å². The summed E-state index contributed by atoms with van der Waals surface area (Å²) in [5.74, 6) is -1.06. The number of fused-ring (bicyclic) bond motifs is 1. The molecule has 0 aromatic heterocycles. The summed E-state index contributed by atoms with van der Waals surface area (Å²) in [4.78, 5) is 0. The van der Waals surface area contributed by atoms with Gasteiger partial charge in [-0.3, -0.25) is 0 Å². The van der Waals surface area contributed by atoms with Crippen LogP contribution in [0.3, 0.4) is 0 Å². The van der Waals surface area contributed by atoms with Gasteiger partial charge >= 0.3 is 0 Å². The highest BCUT2D eigenvalue weighted by Gasteiger charge is 2.08. The molecule has 3 heteroatoms. The summed E-state index contributed by atoms with van der Waals surface area (Å²) < 4.78 is 27.2. The molecule has 0 fully saturated rings. The van der Waals surface area contributed by atoms with E-state index in [2.05, 4.69) is 5.32 Å². The molecule has 0 aliphatic heterocycles. The first-order valence-electron chi connectivity index (χ1n) is 6.40.